The van der Waals surface area contributed by atoms with Gasteiger partial charge in [0.1, 0.15) is 5.75 Å². The number of aliphatic carboxylic acids is 1. The number of methoxy groups -OCH3 is 1. The summed E-state index contributed by atoms with van der Waals surface area (Å²) in [6, 6.07) is 5.81. The van der Waals surface area contributed by atoms with Crippen LogP contribution in [-0.4, -0.2) is 23.2 Å². The molecule has 4 nitrogen and oxygen atoms in total. The fourth-order valence-electron chi connectivity index (χ4n) is 2.77. The van der Waals surface area contributed by atoms with E-state index in [-0.39, 0.29) is 6.42 Å². The molecule has 2 aromatic rings. The minimum Gasteiger partial charge on any atom is -0.497 e. The molecule has 1 heterocycles. The maximum Gasteiger partial charge on any atom is 0.304 e. The Balaban J connectivity index is 2.64. The molecule has 1 aromatic heterocycles. The second-order valence-corrected chi connectivity index (χ2v) is 5.49. The molecular weight excluding hydrogens is 242 g/mol. The lowest BCUT2D eigenvalue weighted by molar-refractivity contribution is -0.138. The van der Waals surface area contributed by atoms with Crippen LogP contribution in [0.15, 0.2) is 18.2 Å². The van der Waals surface area contributed by atoms with Crippen LogP contribution in [0.3, 0.4) is 0 Å². The fraction of sp³-hybridized carbons (Fsp3) is 0.400. The Morgan fingerprint density at radius 3 is 2.68 bits per heavy atom. The van der Waals surface area contributed by atoms with Gasteiger partial charge in [-0.15, -0.1) is 0 Å². The molecule has 2 N–H and O–H groups in total. The first-order chi connectivity index (χ1) is 8.85. The lowest BCUT2D eigenvalue weighted by atomic mass is 9.80. The van der Waals surface area contributed by atoms with E-state index in [0.717, 1.165) is 27.9 Å². The number of H-pyrrole nitrogens is 1. The molecule has 4 heteroatoms. The number of hydrogen-bond donors (Lipinski definition) is 2. The second kappa shape index (κ2) is 4.61. The molecule has 0 spiro atoms. The fourth-order valence-corrected chi connectivity index (χ4v) is 2.77. The van der Waals surface area contributed by atoms with Crippen molar-refractivity contribution in [2.75, 3.05) is 7.11 Å². The SMILES string of the molecule is COc1ccc2[nH]c(C)c(C(C)(C)CC(=O)O)c2c1. The first kappa shape index (κ1) is 13.5. The summed E-state index contributed by atoms with van der Waals surface area (Å²) in [4.78, 5) is 14.4. The van der Waals surface area contributed by atoms with Crippen LogP contribution in [-0.2, 0) is 10.2 Å². The Morgan fingerprint density at radius 2 is 2.11 bits per heavy atom. The Hall–Kier alpha value is -1.97. The van der Waals surface area contributed by atoms with Gasteiger partial charge in [-0.25, -0.2) is 0 Å². The van der Waals surface area contributed by atoms with E-state index in [2.05, 4.69) is 4.98 Å². The van der Waals surface area contributed by atoms with Crippen LogP contribution in [0, 0.1) is 6.92 Å². The molecule has 0 atom stereocenters. The van der Waals surface area contributed by atoms with E-state index in [9.17, 15) is 4.79 Å². The predicted molar refractivity (Wildman–Crippen MR) is 74.9 cm³/mol. The smallest absolute Gasteiger partial charge is 0.304 e. The van der Waals surface area contributed by atoms with Gasteiger partial charge in [0.2, 0.25) is 0 Å². The van der Waals surface area contributed by atoms with Gasteiger partial charge in [-0.05, 0) is 30.7 Å². The molecule has 0 aliphatic heterocycles. The van der Waals surface area contributed by atoms with Gasteiger partial charge in [0.15, 0.2) is 0 Å². The molecule has 0 amide bonds. The molecule has 19 heavy (non-hydrogen) atoms. The third-order valence-corrected chi connectivity index (χ3v) is 3.46. The third-order valence-electron chi connectivity index (χ3n) is 3.46. The Labute approximate surface area is 112 Å². The van der Waals surface area contributed by atoms with Crippen molar-refractivity contribution in [1.29, 1.82) is 0 Å². The molecule has 0 aliphatic rings. The number of aromatic nitrogens is 1. The average molecular weight is 261 g/mol. The number of aryl methyl sites for hydroxylation is 1. The molecule has 0 unspecified atom stereocenters. The van der Waals surface area contributed by atoms with Gasteiger partial charge in [-0.1, -0.05) is 13.8 Å². The molecule has 2 rings (SSSR count). The van der Waals surface area contributed by atoms with Gasteiger partial charge in [-0.2, -0.15) is 0 Å². The molecule has 0 aliphatic carbocycles. The molecule has 0 bridgehead atoms. The highest BCUT2D eigenvalue weighted by Gasteiger charge is 2.29. The number of carbonyl (C=O) groups is 1. The van der Waals surface area contributed by atoms with Crippen LogP contribution < -0.4 is 4.74 Å². The van der Waals surface area contributed by atoms with Crippen LogP contribution in [0.2, 0.25) is 0 Å². The number of aromatic amines is 1. The summed E-state index contributed by atoms with van der Waals surface area (Å²) in [5.74, 6) is -0.0134. The van der Waals surface area contributed by atoms with Crippen LogP contribution in [0.5, 0.6) is 5.75 Å². The standard InChI is InChI=1S/C15H19NO3/c1-9-14(15(2,3)8-13(17)18)11-7-10(19-4)5-6-12(11)16-9/h5-7,16H,8H2,1-4H3,(H,17,18). The second-order valence-electron chi connectivity index (χ2n) is 5.49. The van der Waals surface area contributed by atoms with Crippen LogP contribution in [0.1, 0.15) is 31.5 Å². The molecule has 102 valence electrons. The molecule has 1 aromatic carbocycles. The first-order valence-electron chi connectivity index (χ1n) is 6.24. The summed E-state index contributed by atoms with van der Waals surface area (Å²) in [5.41, 5.74) is 2.63. The van der Waals surface area contributed by atoms with Crippen molar-refractivity contribution in [3.05, 3.63) is 29.5 Å². The summed E-state index contributed by atoms with van der Waals surface area (Å²) in [6.45, 7) is 5.89. The zero-order valence-corrected chi connectivity index (χ0v) is 11.7. The molecule has 0 fully saturated rings. The molecule has 0 radical (unpaired) electrons. The molecule has 0 saturated carbocycles. The summed E-state index contributed by atoms with van der Waals surface area (Å²) in [5, 5.41) is 10.1. The monoisotopic (exact) mass is 261 g/mol. The predicted octanol–water partition coefficient (Wildman–Crippen LogP) is 3.24. The van der Waals surface area contributed by atoms with E-state index in [1.807, 2.05) is 39.0 Å². The quantitative estimate of drug-likeness (QED) is 0.888. The zero-order valence-electron chi connectivity index (χ0n) is 11.7. The van der Waals surface area contributed by atoms with Crippen molar-refractivity contribution in [2.45, 2.75) is 32.6 Å². The lowest BCUT2D eigenvalue weighted by Crippen LogP contribution is -2.22. The van der Waals surface area contributed by atoms with Gasteiger partial charge in [0, 0.05) is 22.0 Å². The third kappa shape index (κ3) is 2.43. The lowest BCUT2D eigenvalue weighted by Gasteiger charge is -2.23. The Kier molecular flexibility index (Phi) is 3.27. The van der Waals surface area contributed by atoms with E-state index in [1.54, 1.807) is 7.11 Å². The number of carboxylic acids is 1. The number of ether oxygens (including phenoxy) is 1. The van der Waals surface area contributed by atoms with Crippen molar-refractivity contribution in [2.24, 2.45) is 0 Å². The Morgan fingerprint density at radius 1 is 1.42 bits per heavy atom. The number of carboxylic acid groups (broad SMARTS) is 1. The number of fused-ring (bicyclic) bond motifs is 1. The molecule has 0 saturated heterocycles. The van der Waals surface area contributed by atoms with Crippen LogP contribution in [0.25, 0.3) is 10.9 Å². The van der Waals surface area contributed by atoms with Crippen molar-refractivity contribution in [3.63, 3.8) is 0 Å². The highest BCUT2D eigenvalue weighted by Crippen LogP contribution is 2.37. The largest absolute Gasteiger partial charge is 0.497 e. The van der Waals surface area contributed by atoms with Crippen molar-refractivity contribution in [1.82, 2.24) is 4.98 Å². The minimum atomic E-state index is -0.790. The van der Waals surface area contributed by atoms with Gasteiger partial charge < -0.3 is 14.8 Å². The van der Waals surface area contributed by atoms with Crippen molar-refractivity contribution < 1.29 is 14.6 Å². The minimum absolute atomic E-state index is 0.0952. The summed E-state index contributed by atoms with van der Waals surface area (Å²) in [7, 11) is 1.63. The van der Waals surface area contributed by atoms with E-state index in [0.29, 0.717) is 0 Å². The van der Waals surface area contributed by atoms with Gasteiger partial charge in [0.25, 0.3) is 0 Å². The molecular formula is C15H19NO3. The number of rotatable bonds is 4. The van der Waals surface area contributed by atoms with Crippen molar-refractivity contribution in [3.8, 4) is 5.75 Å². The van der Waals surface area contributed by atoms with Gasteiger partial charge in [-0.3, -0.25) is 4.79 Å². The van der Waals surface area contributed by atoms with E-state index in [4.69, 9.17) is 9.84 Å². The van der Waals surface area contributed by atoms with Gasteiger partial charge >= 0.3 is 5.97 Å². The van der Waals surface area contributed by atoms with Crippen molar-refractivity contribution >= 4 is 16.9 Å². The number of hydrogen-bond acceptors (Lipinski definition) is 2. The highest BCUT2D eigenvalue weighted by atomic mass is 16.5. The topological polar surface area (TPSA) is 62.3 Å². The number of nitrogens with one attached hydrogen (secondary N) is 1. The van der Waals surface area contributed by atoms with E-state index < -0.39 is 11.4 Å². The van der Waals surface area contributed by atoms with Gasteiger partial charge in [0.05, 0.1) is 13.5 Å². The maximum absolute atomic E-state index is 11.0. The normalized spacial score (nSPS) is 11.8. The highest BCUT2D eigenvalue weighted by molar-refractivity contribution is 5.87. The maximum atomic E-state index is 11.0. The van der Waals surface area contributed by atoms with E-state index in [1.165, 1.54) is 0 Å². The number of benzene rings is 1. The first-order valence-corrected chi connectivity index (χ1v) is 6.24. The zero-order chi connectivity index (χ0) is 14.2. The van der Waals surface area contributed by atoms with Crippen LogP contribution in [0.4, 0.5) is 0 Å². The average Bonchev–Trinajstić information content (AvgIpc) is 2.62. The van der Waals surface area contributed by atoms with Crippen LogP contribution >= 0.6 is 0 Å². The Bertz CT molecular complexity index is 626. The summed E-state index contributed by atoms with van der Waals surface area (Å²) in [6.07, 6.45) is 0.0952. The summed E-state index contributed by atoms with van der Waals surface area (Å²) >= 11 is 0. The summed E-state index contributed by atoms with van der Waals surface area (Å²) < 4.78 is 5.25. The van der Waals surface area contributed by atoms with E-state index >= 15 is 0 Å².